The van der Waals surface area contributed by atoms with E-state index in [1.165, 1.54) is 142 Å². The number of rotatable bonds is 67. The van der Waals surface area contributed by atoms with Crippen molar-refractivity contribution in [2.75, 3.05) is 52.9 Å². The quantitative estimate of drug-likeness (QED) is 0.0203. The molecule has 0 radical (unpaired) electrons. The molecule has 0 spiro atoms. The second-order valence-corrected chi connectivity index (χ2v) is 40.5. The van der Waals surface area contributed by atoms with E-state index in [9.17, 15) is 147 Å². The number of carbonyl (C=O) groups is 5. The van der Waals surface area contributed by atoms with Crippen LogP contribution in [0.2, 0.25) is 0 Å². The van der Waals surface area contributed by atoms with E-state index in [4.69, 9.17) is 75.8 Å². The highest BCUT2D eigenvalue weighted by Crippen LogP contribution is 2.43. The maximum Gasteiger partial charge on any atom is 0.364 e. The molecule has 49 nitrogen and oxygen atoms in total. The van der Waals surface area contributed by atoms with Crippen molar-refractivity contribution >= 4 is 29.6 Å². The molecule has 0 aromatic heterocycles. The van der Waals surface area contributed by atoms with Gasteiger partial charge < -0.3 is 220 Å². The highest BCUT2D eigenvalue weighted by Gasteiger charge is 2.64. The smallest absolute Gasteiger partial charge is 0.364 e. The van der Waals surface area contributed by atoms with Gasteiger partial charge in [0.2, 0.25) is 23.6 Å². The van der Waals surface area contributed by atoms with Gasteiger partial charge in [0, 0.05) is 33.6 Å². The molecule has 0 bridgehead atoms. The van der Waals surface area contributed by atoms with Crippen LogP contribution in [0, 0.1) is 0 Å². The number of carboxylic acids is 1. The van der Waals surface area contributed by atoms with Crippen LogP contribution in [0.25, 0.3) is 0 Å². The zero-order chi connectivity index (χ0) is 109. The number of hydrogen-bond acceptors (Lipinski definition) is 44. The van der Waals surface area contributed by atoms with Gasteiger partial charge in [0.05, 0.1) is 83.3 Å². The number of amides is 4. The monoisotopic (exact) mass is 2140 g/mol. The van der Waals surface area contributed by atoms with Gasteiger partial charge in [0.1, 0.15) is 183 Å². The van der Waals surface area contributed by atoms with Crippen molar-refractivity contribution in [2.24, 2.45) is 0 Å². The third-order valence-corrected chi connectivity index (χ3v) is 28.8. The van der Waals surface area contributed by atoms with Gasteiger partial charge in [-0.3, -0.25) is 19.2 Å². The molecule has 8 aliphatic rings. The Hall–Kier alpha value is -4.47. The molecule has 0 aromatic carbocycles. The van der Waals surface area contributed by atoms with Crippen LogP contribution in [-0.2, 0) is 99.8 Å². The van der Waals surface area contributed by atoms with Crippen molar-refractivity contribution in [3.63, 3.8) is 0 Å². The minimum atomic E-state index is -3.28. The molecular formula is C99H176N4O45. The summed E-state index contributed by atoms with van der Waals surface area (Å²) in [7, 11) is 0. The number of ether oxygens (including phenoxy) is 16. The SMILES string of the molecule is CCCCCCCCCCCCC/C=C/[C@@H](O)[C@H](CO[C@@H]1OC(CO)[C@@H](O[C@@H]2OC(CO)[C@H](O)[C@H](O[C@@H]3OC(CO)[C@@H](O[C@@H]4OC(CO)[C@H](O)[C@H](O[C@@H]5OC(CO)[C@@H](O[C@@H]6OC(CO)[C@H](O)[C@H](O[C@]7(C(=O)O)CC(O)[C@@H](NC(C)=O)C([C@H](O)[C@H](O)CO)O7)C6O)[C@H](O)C5NC(C)=O)C4O)[C@H](O[C@H]4OC(C)[C@@H](O)C(O)[C@@H]4O)C3NC(C)=O)C2O)[C@H](O)C1O)NC(=O)CCCCCCCCCCCCCCCCCCCCCCC. The molecule has 0 saturated carbocycles. The van der Waals surface area contributed by atoms with Gasteiger partial charge in [-0.2, -0.15) is 0 Å². The van der Waals surface area contributed by atoms with Gasteiger partial charge in [-0.05, 0) is 26.2 Å². The predicted octanol–water partition coefficient (Wildman–Crippen LogP) is -4.06. The van der Waals surface area contributed by atoms with Crippen LogP contribution in [0.15, 0.2) is 12.2 Å². The summed E-state index contributed by atoms with van der Waals surface area (Å²) in [5.74, 6) is -8.63. The van der Waals surface area contributed by atoms with E-state index in [0.717, 1.165) is 85.0 Å². The molecule has 0 aliphatic carbocycles. The van der Waals surface area contributed by atoms with Crippen LogP contribution in [0.3, 0.4) is 0 Å². The minimum absolute atomic E-state index is 0.131. The Kier molecular flexibility index (Phi) is 57.6. The van der Waals surface area contributed by atoms with Crippen LogP contribution in [0.4, 0.5) is 0 Å². The summed E-state index contributed by atoms with van der Waals surface area (Å²) in [4.78, 5) is 66.2. The Morgan fingerprint density at radius 2 is 0.716 bits per heavy atom. The fourth-order valence-electron chi connectivity index (χ4n) is 20.2. The Morgan fingerprint density at radius 3 is 1.15 bits per heavy atom. The Balaban J connectivity index is 0.962. The topological polar surface area (TPSA) is 767 Å². The van der Waals surface area contributed by atoms with E-state index in [-0.39, 0.29) is 12.3 Å². The van der Waals surface area contributed by atoms with Gasteiger partial charge in [-0.1, -0.05) is 219 Å². The zero-order valence-corrected chi connectivity index (χ0v) is 86.1. The summed E-state index contributed by atoms with van der Waals surface area (Å²) in [5, 5.41) is 283. The number of aliphatic hydroxyl groups is 23. The molecule has 0 aromatic rings. The first-order valence-corrected chi connectivity index (χ1v) is 53.5. The van der Waals surface area contributed by atoms with Crippen LogP contribution in [0.5, 0.6) is 0 Å². The number of aliphatic hydroxyl groups excluding tert-OH is 23. The summed E-state index contributed by atoms with van der Waals surface area (Å²) >= 11 is 0. The molecule has 16 unspecified atom stereocenters. The standard InChI is InChI=1S/C99H176N4O45/c1-7-9-11-13-15-17-19-21-22-23-24-25-26-27-28-30-32-34-36-38-40-42-66(117)103-56(57(114)41-39-37-35-33-31-29-20-18-16-14-12-10-8-2)51-133-93-79(127)77(125)84(64(49-109)140-93)142-95-80(128)89(73(121)60(45-105)135-95)146-92-69(102-55(6)113)87(144-94-78(126)76(124)70(118)52(3)134-94)85(65(50-110)139-92)143-96-81(129)88(72(120)61(46-106)136-96)145-91-68(101-54(5)112)75(123)83(63(48-108)138-91)141-97-82(130)90(74(122)62(47-107)137-97)148-99(98(131)132)43-58(115)67(100-53(4)111)86(147-99)71(119)59(116)44-104/h39,41,52,56-65,67-97,104-110,114-116,118-130H,7-38,40,42-51H2,1-6H3,(H,100,111)(H,101,112)(H,102,113)(H,103,117)(H,131,132)/b41-39+/t52?,56-,57+,58?,59+,60?,61?,62?,63?,64?,65?,67+,68?,69?,70+,71+,72-,73-,74-,75+,76?,77+,78-,79?,80?,81?,82?,83+,84+,85+,86?,87+,88-,89-,90-,91-,92-,93+,94+,95-,96-,97-,99-/m0/s1. The second-order valence-electron chi connectivity index (χ2n) is 40.5. The first-order valence-electron chi connectivity index (χ1n) is 53.5. The number of allylic oxidation sites excluding steroid dienone is 1. The lowest BCUT2D eigenvalue weighted by Gasteiger charge is -2.52. The lowest BCUT2D eigenvalue weighted by molar-refractivity contribution is -0.398. The van der Waals surface area contributed by atoms with Gasteiger partial charge in [0.25, 0.3) is 5.79 Å². The summed E-state index contributed by atoms with van der Waals surface area (Å²) < 4.78 is 96.8. The predicted molar refractivity (Wildman–Crippen MR) is 514 cm³/mol. The molecule has 8 fully saturated rings. The largest absolute Gasteiger partial charge is 0.477 e. The number of carbonyl (C=O) groups excluding carboxylic acids is 4. The molecule has 148 heavy (non-hydrogen) atoms. The van der Waals surface area contributed by atoms with Crippen LogP contribution in [-0.4, -0.2) is 468 Å². The summed E-state index contributed by atoms with van der Waals surface area (Å²) in [6, 6.07) is -6.92. The van der Waals surface area contributed by atoms with E-state index in [0.29, 0.717) is 12.8 Å². The molecule has 49 heteroatoms. The van der Waals surface area contributed by atoms with Crippen molar-refractivity contribution < 1.29 is 222 Å². The Labute approximate surface area is 864 Å². The Bertz CT molecular complexity index is 3740. The summed E-state index contributed by atoms with van der Waals surface area (Å²) in [6.07, 6.45) is -39.2. The lowest BCUT2D eigenvalue weighted by atomic mass is 9.88. The summed E-state index contributed by atoms with van der Waals surface area (Å²) in [6.45, 7) is -0.178. The molecule has 28 N–H and O–H groups in total. The fourth-order valence-corrected chi connectivity index (χ4v) is 20.2. The molecule has 862 valence electrons. The van der Waals surface area contributed by atoms with Crippen LogP contribution < -0.4 is 21.3 Å². The number of unbranched alkanes of at least 4 members (excludes halogenated alkanes) is 31. The van der Waals surface area contributed by atoms with Crippen LogP contribution in [0.1, 0.15) is 266 Å². The minimum Gasteiger partial charge on any atom is -0.477 e. The number of hydrogen-bond donors (Lipinski definition) is 28. The zero-order valence-electron chi connectivity index (χ0n) is 86.1. The fraction of sp³-hybridized carbons (Fsp3) is 0.929. The van der Waals surface area contributed by atoms with E-state index in [1.54, 1.807) is 6.08 Å². The van der Waals surface area contributed by atoms with E-state index in [2.05, 4.69) is 35.1 Å². The molecular weight excluding hydrogens is 1970 g/mol. The molecule has 43 atom stereocenters. The highest BCUT2D eigenvalue weighted by molar-refractivity contribution is 5.77. The number of aliphatic carboxylic acids is 1. The van der Waals surface area contributed by atoms with E-state index < -0.39 is 346 Å². The molecule has 8 rings (SSSR count). The molecule has 8 saturated heterocycles. The van der Waals surface area contributed by atoms with Crippen molar-refractivity contribution in [2.45, 2.75) is 529 Å². The highest BCUT2D eigenvalue weighted by atomic mass is 16.8. The molecule has 8 aliphatic heterocycles. The Morgan fingerprint density at radius 1 is 0.365 bits per heavy atom. The van der Waals surface area contributed by atoms with Crippen molar-refractivity contribution in [3.05, 3.63) is 12.2 Å². The van der Waals surface area contributed by atoms with Crippen molar-refractivity contribution in [1.82, 2.24) is 21.3 Å². The number of carboxylic acid groups (broad SMARTS) is 1. The average molecular weight is 2140 g/mol. The third kappa shape index (κ3) is 37.4. The molecule has 8 heterocycles. The summed E-state index contributed by atoms with van der Waals surface area (Å²) in [5.41, 5.74) is 0. The average Bonchev–Trinajstić information content (AvgIpc) is 0.750. The van der Waals surface area contributed by atoms with Crippen molar-refractivity contribution in [1.29, 1.82) is 0 Å². The maximum absolute atomic E-state index is 13.7. The van der Waals surface area contributed by atoms with Crippen LogP contribution >= 0.6 is 0 Å². The maximum atomic E-state index is 13.7. The number of nitrogens with one attached hydrogen (secondary N) is 4. The van der Waals surface area contributed by atoms with Crippen molar-refractivity contribution in [3.8, 4) is 0 Å². The van der Waals surface area contributed by atoms with Gasteiger partial charge in [-0.25, -0.2) is 4.79 Å². The van der Waals surface area contributed by atoms with E-state index >= 15 is 0 Å². The lowest BCUT2D eigenvalue weighted by Crippen LogP contribution is -2.72. The second kappa shape index (κ2) is 66.3. The van der Waals surface area contributed by atoms with E-state index in [1.807, 2.05) is 6.08 Å². The first kappa shape index (κ1) is 129. The normalized spacial score (nSPS) is 37.7. The first-order chi connectivity index (χ1) is 70.8. The van der Waals surface area contributed by atoms with Gasteiger partial charge in [-0.15, -0.1) is 0 Å². The van der Waals surface area contributed by atoms with Gasteiger partial charge >= 0.3 is 5.97 Å². The third-order valence-electron chi connectivity index (χ3n) is 28.8. The van der Waals surface area contributed by atoms with Gasteiger partial charge in [0.15, 0.2) is 44.0 Å². The molecule has 4 amide bonds.